The van der Waals surface area contributed by atoms with Gasteiger partial charge in [-0.05, 0) is 48.0 Å². The normalized spacial score (nSPS) is 10.5. The maximum absolute atomic E-state index is 14.4. The Labute approximate surface area is 185 Å². The zero-order valence-corrected chi connectivity index (χ0v) is 16.9. The fourth-order valence-electron chi connectivity index (χ4n) is 2.60. The van der Waals surface area contributed by atoms with Gasteiger partial charge in [-0.25, -0.2) is 13.6 Å². The van der Waals surface area contributed by atoms with Crippen molar-refractivity contribution < 1.29 is 28.0 Å². The van der Waals surface area contributed by atoms with Crippen LogP contribution in [0.15, 0.2) is 54.6 Å². The monoisotopic (exact) mass is 452 g/mol. The number of hydrogen-bond acceptors (Lipinski definition) is 8. The minimum Gasteiger partial charge on any atom is -0.466 e. The molecule has 0 unspecified atom stereocenters. The Kier molecular flexibility index (Phi) is 6.90. The van der Waals surface area contributed by atoms with Gasteiger partial charge in [0.1, 0.15) is 0 Å². The number of ether oxygens (including phenoxy) is 2. The highest BCUT2D eigenvalue weighted by atomic mass is 19.1. The SMILES string of the molecule is COC(=O)/C=C/c1cc(F)c(Oc2ccc([N+](=O)[O-])c(Nc3ccc(C#N)cc3)n2)c(F)c1. The van der Waals surface area contributed by atoms with Crippen LogP contribution in [0.2, 0.25) is 0 Å². The first-order valence-electron chi connectivity index (χ1n) is 9.16. The minimum absolute atomic E-state index is 0.0441. The van der Waals surface area contributed by atoms with E-state index in [9.17, 15) is 23.7 Å². The van der Waals surface area contributed by atoms with Crippen molar-refractivity contribution in [3.63, 3.8) is 0 Å². The second kappa shape index (κ2) is 9.97. The first-order valence-corrected chi connectivity index (χ1v) is 9.16. The van der Waals surface area contributed by atoms with Crippen molar-refractivity contribution in [2.24, 2.45) is 0 Å². The topological polar surface area (TPSA) is 127 Å². The van der Waals surface area contributed by atoms with Gasteiger partial charge in [0.15, 0.2) is 11.6 Å². The summed E-state index contributed by atoms with van der Waals surface area (Å²) >= 11 is 0. The van der Waals surface area contributed by atoms with Crippen LogP contribution in [-0.2, 0) is 9.53 Å². The van der Waals surface area contributed by atoms with Crippen LogP contribution in [0, 0.1) is 33.1 Å². The van der Waals surface area contributed by atoms with Crippen molar-refractivity contribution in [1.82, 2.24) is 4.98 Å². The predicted molar refractivity (Wildman–Crippen MR) is 113 cm³/mol. The molecule has 0 atom stereocenters. The van der Waals surface area contributed by atoms with E-state index in [1.165, 1.54) is 24.3 Å². The lowest BCUT2D eigenvalue weighted by molar-refractivity contribution is -0.384. The van der Waals surface area contributed by atoms with Crippen molar-refractivity contribution in [2.75, 3.05) is 12.4 Å². The van der Waals surface area contributed by atoms with Crippen LogP contribution in [0.3, 0.4) is 0 Å². The Morgan fingerprint density at radius 2 is 1.85 bits per heavy atom. The molecule has 1 N–H and O–H groups in total. The van der Waals surface area contributed by atoms with E-state index < -0.39 is 34.0 Å². The van der Waals surface area contributed by atoms with Crippen LogP contribution in [0.5, 0.6) is 11.6 Å². The maximum Gasteiger partial charge on any atom is 0.330 e. The zero-order chi connectivity index (χ0) is 24.0. The Morgan fingerprint density at radius 3 is 2.42 bits per heavy atom. The Morgan fingerprint density at radius 1 is 1.18 bits per heavy atom. The number of carbonyl (C=O) groups is 1. The number of halogens is 2. The molecule has 3 aromatic rings. The molecule has 9 nitrogen and oxygen atoms in total. The zero-order valence-electron chi connectivity index (χ0n) is 16.9. The number of carbonyl (C=O) groups excluding carboxylic acids is 1. The quantitative estimate of drug-likeness (QED) is 0.233. The molecule has 1 heterocycles. The van der Waals surface area contributed by atoms with Crippen LogP contribution in [0.25, 0.3) is 6.08 Å². The molecule has 0 radical (unpaired) electrons. The minimum atomic E-state index is -1.08. The molecule has 3 rings (SSSR count). The van der Waals surface area contributed by atoms with Crippen LogP contribution in [-0.4, -0.2) is 23.0 Å². The van der Waals surface area contributed by atoms with Crippen molar-refractivity contribution in [3.05, 3.63) is 87.5 Å². The van der Waals surface area contributed by atoms with Gasteiger partial charge in [0.2, 0.25) is 17.4 Å². The van der Waals surface area contributed by atoms with Gasteiger partial charge in [-0.15, -0.1) is 0 Å². The number of nitrogens with one attached hydrogen (secondary N) is 1. The van der Waals surface area contributed by atoms with Crippen LogP contribution >= 0.6 is 0 Å². The first-order chi connectivity index (χ1) is 15.8. The van der Waals surface area contributed by atoms with E-state index in [-0.39, 0.29) is 17.3 Å². The lowest BCUT2D eigenvalue weighted by Gasteiger charge is -2.11. The summed E-state index contributed by atoms with van der Waals surface area (Å²) in [6.45, 7) is 0. The number of nitrogens with zero attached hydrogens (tertiary/aromatic N) is 3. The highest BCUT2D eigenvalue weighted by Gasteiger charge is 2.19. The predicted octanol–water partition coefficient (Wildman–Crippen LogP) is 4.86. The number of pyridine rings is 1. The van der Waals surface area contributed by atoms with E-state index >= 15 is 0 Å². The third-order valence-corrected chi connectivity index (χ3v) is 4.16. The Hall–Kier alpha value is -4.85. The molecule has 0 fully saturated rings. The second-order valence-electron chi connectivity index (χ2n) is 6.36. The number of nitriles is 1. The first kappa shape index (κ1) is 22.8. The van der Waals surface area contributed by atoms with E-state index in [0.717, 1.165) is 43.5 Å². The lowest BCUT2D eigenvalue weighted by atomic mass is 10.2. The molecule has 0 saturated heterocycles. The smallest absolute Gasteiger partial charge is 0.330 e. The average molecular weight is 452 g/mol. The molecule has 11 heteroatoms. The summed E-state index contributed by atoms with van der Waals surface area (Å²) in [5, 5.41) is 22.9. The van der Waals surface area contributed by atoms with Gasteiger partial charge in [-0.1, -0.05) is 0 Å². The molecule has 0 aliphatic carbocycles. The third kappa shape index (κ3) is 5.65. The summed E-state index contributed by atoms with van der Waals surface area (Å²) in [6.07, 6.45) is 2.15. The van der Waals surface area contributed by atoms with Gasteiger partial charge in [-0.3, -0.25) is 10.1 Å². The van der Waals surface area contributed by atoms with Crippen LogP contribution in [0.4, 0.5) is 26.0 Å². The maximum atomic E-state index is 14.4. The molecular formula is C22H14F2N4O5. The van der Waals surface area contributed by atoms with Crippen LogP contribution in [0.1, 0.15) is 11.1 Å². The number of rotatable bonds is 7. The Bertz CT molecular complexity index is 1260. The Balaban J connectivity index is 1.90. The van der Waals surface area contributed by atoms with E-state index in [4.69, 9.17) is 10.00 Å². The largest absolute Gasteiger partial charge is 0.466 e. The van der Waals surface area contributed by atoms with Gasteiger partial charge < -0.3 is 14.8 Å². The molecule has 0 saturated carbocycles. The number of esters is 1. The molecule has 2 aromatic carbocycles. The second-order valence-corrected chi connectivity index (χ2v) is 6.36. The molecule has 0 aliphatic heterocycles. The standard InChI is InChI=1S/C22H14F2N4O5/c1-32-20(29)9-4-14-10-16(23)21(17(24)11-14)33-19-8-7-18(28(30)31)22(27-19)26-15-5-2-13(12-25)3-6-15/h2-11H,1H3,(H,26,27)/b9-4+. The van der Waals surface area contributed by atoms with Gasteiger partial charge in [0.25, 0.3) is 0 Å². The number of methoxy groups -OCH3 is 1. The number of hydrogen-bond donors (Lipinski definition) is 1. The van der Waals surface area contributed by atoms with E-state index in [1.54, 1.807) is 0 Å². The van der Waals surface area contributed by atoms with Crippen molar-refractivity contribution in [2.45, 2.75) is 0 Å². The molecule has 1 aromatic heterocycles. The van der Waals surface area contributed by atoms with Crippen LogP contribution < -0.4 is 10.1 Å². The van der Waals surface area contributed by atoms with Crippen molar-refractivity contribution >= 4 is 29.2 Å². The summed E-state index contributed by atoms with van der Waals surface area (Å²) in [5.41, 5.74) is 0.412. The number of aromatic nitrogens is 1. The van der Waals surface area contributed by atoms with Gasteiger partial charge in [0, 0.05) is 23.9 Å². The highest BCUT2D eigenvalue weighted by Crippen LogP contribution is 2.32. The molecular weight excluding hydrogens is 438 g/mol. The molecule has 0 aliphatic rings. The number of anilines is 2. The summed E-state index contributed by atoms with van der Waals surface area (Å²) in [5.74, 6) is -4.19. The molecule has 0 bridgehead atoms. The highest BCUT2D eigenvalue weighted by molar-refractivity contribution is 5.86. The van der Waals surface area contributed by atoms with E-state index in [2.05, 4.69) is 15.0 Å². The van der Waals surface area contributed by atoms with Crippen molar-refractivity contribution in [1.29, 1.82) is 5.26 Å². The van der Waals surface area contributed by atoms with Gasteiger partial charge >= 0.3 is 11.7 Å². The summed E-state index contributed by atoms with van der Waals surface area (Å²) < 4.78 is 38.5. The van der Waals surface area contributed by atoms with Gasteiger partial charge in [-0.2, -0.15) is 10.2 Å². The summed E-state index contributed by atoms with van der Waals surface area (Å²) in [7, 11) is 1.16. The van der Waals surface area contributed by atoms with E-state index in [0.29, 0.717) is 11.3 Å². The molecule has 0 amide bonds. The summed E-state index contributed by atoms with van der Waals surface area (Å²) in [6, 6.07) is 12.0. The third-order valence-electron chi connectivity index (χ3n) is 4.16. The van der Waals surface area contributed by atoms with Gasteiger partial charge in [0.05, 0.1) is 23.7 Å². The fourth-order valence-corrected chi connectivity index (χ4v) is 2.60. The van der Waals surface area contributed by atoms with E-state index in [1.807, 2.05) is 6.07 Å². The number of nitro groups is 1. The molecule has 33 heavy (non-hydrogen) atoms. The lowest BCUT2D eigenvalue weighted by Crippen LogP contribution is -2.02. The molecule has 0 spiro atoms. The number of benzene rings is 2. The average Bonchev–Trinajstić information content (AvgIpc) is 2.80. The summed E-state index contributed by atoms with van der Waals surface area (Å²) in [4.78, 5) is 25.7. The fraction of sp³-hybridized carbons (Fsp3) is 0.0455. The molecule has 166 valence electrons. The van der Waals surface area contributed by atoms with Crippen molar-refractivity contribution in [3.8, 4) is 17.7 Å².